The molecule has 0 bridgehead atoms. The molecule has 0 atom stereocenters. The molecule has 0 aliphatic heterocycles. The Hall–Kier alpha value is -2.09. The van der Waals surface area contributed by atoms with E-state index >= 15 is 0 Å². The maximum Gasteiger partial charge on any atom is 0.343 e. The first kappa shape index (κ1) is 24.6. The first-order valence-electron chi connectivity index (χ1n) is 13.1. The molecule has 0 unspecified atom stereocenters. The van der Waals surface area contributed by atoms with Gasteiger partial charge in [0.1, 0.15) is 5.75 Å². The number of rotatable bonds is 12. The number of unbranched alkanes of at least 4 members (excludes halogenated alkanes) is 5. The average molecular weight is 435 g/mol. The van der Waals surface area contributed by atoms with Gasteiger partial charge in [-0.2, -0.15) is 0 Å². The van der Waals surface area contributed by atoms with Gasteiger partial charge in [-0.05, 0) is 85.8 Å². The summed E-state index contributed by atoms with van der Waals surface area (Å²) in [6.07, 6.45) is 16.9. The van der Waals surface area contributed by atoms with Crippen molar-refractivity contribution in [1.29, 1.82) is 0 Å². The summed E-state index contributed by atoms with van der Waals surface area (Å²) in [5, 5.41) is 0. The standard InChI is InChI=1S/C30H42O2/c1-3-5-7-8-9-11-25-14-22-29(23-15-25)32-30(31)28-20-18-27(19-21-28)26-16-12-24(13-17-26)10-6-4-2/h14-15,18-24,26H,3-13,16-17H2,1-2H3. The van der Waals surface area contributed by atoms with Crippen molar-refractivity contribution in [3.8, 4) is 5.75 Å². The Kier molecular flexibility index (Phi) is 10.3. The fourth-order valence-electron chi connectivity index (χ4n) is 4.99. The van der Waals surface area contributed by atoms with E-state index < -0.39 is 0 Å². The van der Waals surface area contributed by atoms with Crippen LogP contribution in [0.25, 0.3) is 0 Å². The van der Waals surface area contributed by atoms with Crippen LogP contribution in [0.2, 0.25) is 0 Å². The van der Waals surface area contributed by atoms with E-state index in [0.717, 1.165) is 12.3 Å². The van der Waals surface area contributed by atoms with Crippen molar-refractivity contribution in [1.82, 2.24) is 0 Å². The molecule has 1 saturated carbocycles. The summed E-state index contributed by atoms with van der Waals surface area (Å²) in [6.45, 7) is 4.53. The van der Waals surface area contributed by atoms with Gasteiger partial charge in [-0.15, -0.1) is 0 Å². The molecule has 0 radical (unpaired) electrons. The summed E-state index contributed by atoms with van der Waals surface area (Å²) in [5.74, 6) is 1.92. The van der Waals surface area contributed by atoms with Crippen LogP contribution in [-0.2, 0) is 6.42 Å². The van der Waals surface area contributed by atoms with E-state index in [2.05, 4.69) is 38.1 Å². The monoisotopic (exact) mass is 434 g/mol. The number of carbonyl (C=O) groups is 1. The highest BCUT2D eigenvalue weighted by Gasteiger charge is 2.22. The van der Waals surface area contributed by atoms with Gasteiger partial charge < -0.3 is 4.74 Å². The van der Waals surface area contributed by atoms with Crippen molar-refractivity contribution < 1.29 is 9.53 Å². The van der Waals surface area contributed by atoms with Crippen molar-refractivity contribution in [3.63, 3.8) is 0 Å². The maximum absolute atomic E-state index is 12.6. The summed E-state index contributed by atoms with van der Waals surface area (Å²) in [5.41, 5.74) is 3.32. The summed E-state index contributed by atoms with van der Waals surface area (Å²) < 4.78 is 5.61. The van der Waals surface area contributed by atoms with Crippen LogP contribution in [-0.4, -0.2) is 5.97 Å². The Balaban J connectivity index is 1.44. The molecule has 2 aromatic carbocycles. The van der Waals surface area contributed by atoms with Gasteiger partial charge in [-0.1, -0.05) is 83.1 Å². The molecule has 0 aromatic heterocycles. The summed E-state index contributed by atoms with van der Waals surface area (Å²) in [4.78, 5) is 12.6. The minimum atomic E-state index is -0.271. The van der Waals surface area contributed by atoms with Crippen molar-refractivity contribution in [2.24, 2.45) is 5.92 Å². The molecule has 1 aliphatic rings. The predicted octanol–water partition coefficient (Wildman–Crippen LogP) is 8.88. The van der Waals surface area contributed by atoms with Crippen LogP contribution in [0.4, 0.5) is 0 Å². The number of carbonyl (C=O) groups excluding carboxylic acids is 1. The Morgan fingerprint density at radius 2 is 1.44 bits per heavy atom. The third kappa shape index (κ3) is 7.80. The van der Waals surface area contributed by atoms with Gasteiger partial charge in [-0.25, -0.2) is 4.79 Å². The molecule has 1 aliphatic carbocycles. The first-order valence-corrected chi connectivity index (χ1v) is 13.1. The lowest BCUT2D eigenvalue weighted by atomic mass is 9.77. The SMILES string of the molecule is CCCCCCCc1ccc(OC(=O)c2ccc(C3CCC(CCCC)CC3)cc2)cc1. The van der Waals surface area contributed by atoms with Crippen LogP contribution in [0.15, 0.2) is 48.5 Å². The lowest BCUT2D eigenvalue weighted by molar-refractivity contribution is 0.0734. The zero-order valence-corrected chi connectivity index (χ0v) is 20.3. The molecule has 32 heavy (non-hydrogen) atoms. The summed E-state index contributed by atoms with van der Waals surface area (Å²) >= 11 is 0. The van der Waals surface area contributed by atoms with E-state index in [-0.39, 0.29) is 5.97 Å². The topological polar surface area (TPSA) is 26.3 Å². The number of hydrogen-bond donors (Lipinski definition) is 0. The Morgan fingerprint density at radius 1 is 0.781 bits per heavy atom. The summed E-state index contributed by atoms with van der Waals surface area (Å²) in [6, 6.07) is 16.2. The quantitative estimate of drug-likeness (QED) is 0.189. The van der Waals surface area contributed by atoms with Crippen LogP contribution in [0.1, 0.15) is 118 Å². The Morgan fingerprint density at radius 3 is 2.09 bits per heavy atom. The number of esters is 1. The zero-order valence-electron chi connectivity index (χ0n) is 20.3. The van der Waals surface area contributed by atoms with Crippen LogP contribution in [0, 0.1) is 5.92 Å². The van der Waals surface area contributed by atoms with Gasteiger partial charge in [0.25, 0.3) is 0 Å². The number of hydrogen-bond acceptors (Lipinski definition) is 2. The van der Waals surface area contributed by atoms with Crippen molar-refractivity contribution in [3.05, 3.63) is 65.2 Å². The molecule has 2 heteroatoms. The normalized spacial score (nSPS) is 18.4. The van der Waals surface area contributed by atoms with Crippen molar-refractivity contribution in [2.45, 2.75) is 103 Å². The van der Waals surface area contributed by atoms with Gasteiger partial charge in [0, 0.05) is 0 Å². The fraction of sp³-hybridized carbons (Fsp3) is 0.567. The molecule has 2 nitrogen and oxygen atoms in total. The number of benzene rings is 2. The third-order valence-corrected chi connectivity index (χ3v) is 7.13. The molecule has 0 amide bonds. The molecule has 3 rings (SSSR count). The molecule has 0 N–H and O–H groups in total. The maximum atomic E-state index is 12.6. The van der Waals surface area contributed by atoms with E-state index in [9.17, 15) is 4.79 Å². The predicted molar refractivity (Wildman–Crippen MR) is 135 cm³/mol. The highest BCUT2D eigenvalue weighted by atomic mass is 16.5. The van der Waals surface area contributed by atoms with Gasteiger partial charge in [0.05, 0.1) is 5.56 Å². The van der Waals surface area contributed by atoms with Crippen LogP contribution in [0.3, 0.4) is 0 Å². The van der Waals surface area contributed by atoms with E-state index in [1.165, 1.54) is 88.2 Å². The molecule has 0 saturated heterocycles. The second-order valence-corrected chi connectivity index (χ2v) is 9.68. The van der Waals surface area contributed by atoms with E-state index in [0.29, 0.717) is 17.2 Å². The van der Waals surface area contributed by atoms with Crippen molar-refractivity contribution in [2.75, 3.05) is 0 Å². The number of ether oxygens (including phenoxy) is 1. The van der Waals surface area contributed by atoms with Gasteiger partial charge in [0.2, 0.25) is 0 Å². The van der Waals surface area contributed by atoms with Gasteiger partial charge in [0.15, 0.2) is 0 Å². The molecule has 1 fully saturated rings. The number of aryl methyl sites for hydroxylation is 1. The highest BCUT2D eigenvalue weighted by Crippen LogP contribution is 2.37. The van der Waals surface area contributed by atoms with Crippen LogP contribution < -0.4 is 4.74 Å². The highest BCUT2D eigenvalue weighted by molar-refractivity contribution is 5.91. The molecular weight excluding hydrogens is 392 g/mol. The van der Waals surface area contributed by atoms with Gasteiger partial charge in [-0.3, -0.25) is 0 Å². The van der Waals surface area contributed by atoms with Crippen LogP contribution in [0.5, 0.6) is 5.75 Å². The lowest BCUT2D eigenvalue weighted by Crippen LogP contribution is -2.14. The molecule has 0 spiro atoms. The zero-order chi connectivity index (χ0) is 22.6. The second-order valence-electron chi connectivity index (χ2n) is 9.68. The fourth-order valence-corrected chi connectivity index (χ4v) is 4.99. The first-order chi connectivity index (χ1) is 15.7. The molecule has 174 valence electrons. The summed E-state index contributed by atoms with van der Waals surface area (Å²) in [7, 11) is 0. The van der Waals surface area contributed by atoms with Crippen LogP contribution >= 0.6 is 0 Å². The second kappa shape index (κ2) is 13.5. The minimum Gasteiger partial charge on any atom is -0.423 e. The molecule has 2 aromatic rings. The largest absolute Gasteiger partial charge is 0.423 e. The third-order valence-electron chi connectivity index (χ3n) is 7.13. The van der Waals surface area contributed by atoms with E-state index in [4.69, 9.17) is 4.74 Å². The van der Waals surface area contributed by atoms with E-state index in [1.807, 2.05) is 24.3 Å². The van der Waals surface area contributed by atoms with E-state index in [1.54, 1.807) is 0 Å². The molecule has 0 heterocycles. The average Bonchev–Trinajstić information content (AvgIpc) is 2.84. The Bertz CT molecular complexity index is 783. The lowest BCUT2D eigenvalue weighted by Gasteiger charge is -2.28. The molecular formula is C30H42O2. The van der Waals surface area contributed by atoms with Crippen molar-refractivity contribution >= 4 is 5.97 Å². The Labute approximate surface area is 195 Å². The van der Waals surface area contributed by atoms with Gasteiger partial charge >= 0.3 is 5.97 Å². The smallest absolute Gasteiger partial charge is 0.343 e. The minimum absolute atomic E-state index is 0.271.